The Hall–Kier alpha value is -2.69. The summed E-state index contributed by atoms with van der Waals surface area (Å²) in [5.74, 6) is 0.217. The highest BCUT2D eigenvalue weighted by Gasteiger charge is 2.41. The van der Waals surface area contributed by atoms with Crippen molar-refractivity contribution in [2.24, 2.45) is 5.92 Å². The van der Waals surface area contributed by atoms with Crippen molar-refractivity contribution in [3.8, 4) is 0 Å². The predicted molar refractivity (Wildman–Crippen MR) is 110 cm³/mol. The fraction of sp³-hybridized carbons (Fsp3) is 0.417. The highest BCUT2D eigenvalue weighted by molar-refractivity contribution is 5.80. The third-order valence-corrected chi connectivity index (χ3v) is 6.16. The Kier molecular flexibility index (Phi) is 5.65. The van der Waals surface area contributed by atoms with E-state index in [-0.39, 0.29) is 29.6 Å². The van der Waals surface area contributed by atoms with Crippen molar-refractivity contribution in [2.45, 2.75) is 45.2 Å². The van der Waals surface area contributed by atoms with Gasteiger partial charge in [0.1, 0.15) is 5.82 Å². The van der Waals surface area contributed by atoms with E-state index < -0.39 is 0 Å². The van der Waals surface area contributed by atoms with Gasteiger partial charge in [-0.25, -0.2) is 4.39 Å². The maximum absolute atomic E-state index is 13.6. The number of benzene rings is 2. The highest BCUT2D eigenvalue weighted by atomic mass is 19.1. The van der Waals surface area contributed by atoms with Gasteiger partial charge in [0.2, 0.25) is 11.8 Å². The van der Waals surface area contributed by atoms with Crippen molar-refractivity contribution in [3.63, 3.8) is 0 Å². The molecule has 2 amide bonds. The fourth-order valence-corrected chi connectivity index (χ4v) is 4.57. The Labute approximate surface area is 171 Å². The van der Waals surface area contributed by atoms with E-state index in [2.05, 4.69) is 0 Å². The molecular weight excluding hydrogens is 367 g/mol. The summed E-state index contributed by atoms with van der Waals surface area (Å²) < 4.78 is 13.6. The summed E-state index contributed by atoms with van der Waals surface area (Å²) in [6, 6.07) is 14.5. The molecule has 152 valence electrons. The maximum Gasteiger partial charge on any atom is 0.227 e. The van der Waals surface area contributed by atoms with Gasteiger partial charge >= 0.3 is 0 Å². The quantitative estimate of drug-likeness (QED) is 0.793. The molecule has 0 saturated carbocycles. The number of carbonyl (C=O) groups is 2. The number of carbonyl (C=O) groups excluding carboxylic acids is 2. The van der Waals surface area contributed by atoms with Gasteiger partial charge in [-0.15, -0.1) is 0 Å². The molecule has 0 bridgehead atoms. The first kappa shape index (κ1) is 19.6. The van der Waals surface area contributed by atoms with Crippen LogP contribution in [0.3, 0.4) is 0 Å². The van der Waals surface area contributed by atoms with Crippen molar-refractivity contribution in [2.75, 3.05) is 13.1 Å². The molecule has 0 radical (unpaired) electrons. The number of fused-ring (bicyclic) bond motifs is 1. The molecule has 2 aromatic rings. The average molecular weight is 394 g/mol. The van der Waals surface area contributed by atoms with E-state index in [1.54, 1.807) is 6.07 Å². The number of aryl methyl sites for hydroxylation is 1. The zero-order valence-electron chi connectivity index (χ0n) is 16.8. The molecule has 2 aliphatic heterocycles. The maximum atomic E-state index is 13.6. The highest BCUT2D eigenvalue weighted by Crippen LogP contribution is 2.32. The van der Waals surface area contributed by atoms with Crippen LogP contribution in [-0.2, 0) is 22.6 Å². The van der Waals surface area contributed by atoms with Crippen LogP contribution in [-0.4, -0.2) is 40.7 Å². The van der Waals surface area contributed by atoms with E-state index in [9.17, 15) is 14.0 Å². The lowest BCUT2D eigenvalue weighted by Crippen LogP contribution is -2.43. The van der Waals surface area contributed by atoms with Gasteiger partial charge in [-0.1, -0.05) is 42.0 Å². The molecule has 2 saturated heterocycles. The smallest absolute Gasteiger partial charge is 0.227 e. The van der Waals surface area contributed by atoms with Gasteiger partial charge in [0, 0.05) is 26.1 Å². The summed E-state index contributed by atoms with van der Waals surface area (Å²) in [6.45, 7) is 3.69. The standard InChI is InChI=1S/C24H27FN2O2/c1-17-8-10-18(11-9-17)13-24(29)26-15-20-5-3-7-23(28)27(22(20)16-26)14-19-4-2-6-21(25)12-19/h2,4,6,8-12,20,22H,3,5,7,13-16H2,1H3/t20-,22+/m1/s1. The molecule has 4 rings (SSSR count). The van der Waals surface area contributed by atoms with E-state index in [0.29, 0.717) is 32.5 Å². The fourth-order valence-electron chi connectivity index (χ4n) is 4.57. The third kappa shape index (κ3) is 4.50. The molecule has 2 heterocycles. The van der Waals surface area contributed by atoms with Gasteiger partial charge in [0.15, 0.2) is 0 Å². The lowest BCUT2D eigenvalue weighted by atomic mass is 9.98. The largest absolute Gasteiger partial charge is 0.340 e. The summed E-state index contributed by atoms with van der Waals surface area (Å²) >= 11 is 0. The predicted octanol–water partition coefficient (Wildman–Crippen LogP) is 3.72. The summed E-state index contributed by atoms with van der Waals surface area (Å²) in [4.78, 5) is 29.5. The van der Waals surface area contributed by atoms with Gasteiger partial charge in [0.05, 0.1) is 12.5 Å². The summed E-state index contributed by atoms with van der Waals surface area (Å²) in [5, 5.41) is 0. The lowest BCUT2D eigenvalue weighted by Gasteiger charge is -2.30. The molecular formula is C24H27FN2O2. The van der Waals surface area contributed by atoms with E-state index in [1.807, 2.05) is 47.1 Å². The number of likely N-dealkylation sites (tertiary alicyclic amines) is 2. The number of amides is 2. The van der Waals surface area contributed by atoms with E-state index in [1.165, 1.54) is 17.7 Å². The zero-order valence-corrected chi connectivity index (χ0v) is 16.8. The van der Waals surface area contributed by atoms with Crippen LogP contribution in [0.2, 0.25) is 0 Å². The average Bonchev–Trinajstić information content (AvgIpc) is 3.06. The van der Waals surface area contributed by atoms with Crippen LogP contribution in [0.25, 0.3) is 0 Å². The van der Waals surface area contributed by atoms with Crippen LogP contribution in [0.15, 0.2) is 48.5 Å². The Morgan fingerprint density at radius 3 is 2.66 bits per heavy atom. The zero-order chi connectivity index (χ0) is 20.4. The lowest BCUT2D eigenvalue weighted by molar-refractivity contribution is -0.135. The van der Waals surface area contributed by atoms with Crippen molar-refractivity contribution in [3.05, 3.63) is 71.0 Å². The minimum atomic E-state index is -0.289. The van der Waals surface area contributed by atoms with Crippen LogP contribution in [0.5, 0.6) is 0 Å². The SMILES string of the molecule is Cc1ccc(CC(=O)N2C[C@H]3CCCC(=O)N(Cc4cccc(F)c4)[C@H]3C2)cc1. The number of rotatable bonds is 4. The van der Waals surface area contributed by atoms with Crippen LogP contribution in [0.1, 0.15) is 36.0 Å². The van der Waals surface area contributed by atoms with Crippen molar-refractivity contribution in [1.82, 2.24) is 9.80 Å². The van der Waals surface area contributed by atoms with Gasteiger partial charge in [-0.3, -0.25) is 9.59 Å². The van der Waals surface area contributed by atoms with Crippen LogP contribution in [0, 0.1) is 18.7 Å². The van der Waals surface area contributed by atoms with E-state index in [0.717, 1.165) is 24.0 Å². The molecule has 29 heavy (non-hydrogen) atoms. The molecule has 0 aromatic heterocycles. The normalized spacial score (nSPS) is 21.8. The van der Waals surface area contributed by atoms with Crippen molar-refractivity contribution >= 4 is 11.8 Å². The number of halogens is 1. The minimum absolute atomic E-state index is 0.00948. The number of nitrogens with zero attached hydrogens (tertiary/aromatic N) is 2. The van der Waals surface area contributed by atoms with Crippen LogP contribution in [0.4, 0.5) is 4.39 Å². The Morgan fingerprint density at radius 1 is 1.10 bits per heavy atom. The van der Waals surface area contributed by atoms with Gasteiger partial charge in [-0.05, 0) is 48.9 Å². The third-order valence-electron chi connectivity index (χ3n) is 6.16. The molecule has 4 nitrogen and oxygen atoms in total. The molecule has 0 unspecified atom stereocenters. The summed E-state index contributed by atoms with van der Waals surface area (Å²) in [5.41, 5.74) is 2.99. The first-order valence-corrected chi connectivity index (χ1v) is 10.4. The monoisotopic (exact) mass is 394 g/mol. The minimum Gasteiger partial charge on any atom is -0.340 e. The second-order valence-corrected chi connectivity index (χ2v) is 8.33. The van der Waals surface area contributed by atoms with Gasteiger partial charge < -0.3 is 9.80 Å². The first-order valence-electron chi connectivity index (χ1n) is 10.4. The van der Waals surface area contributed by atoms with Gasteiger partial charge in [-0.2, -0.15) is 0 Å². The molecule has 2 fully saturated rings. The second kappa shape index (κ2) is 8.36. The van der Waals surface area contributed by atoms with Gasteiger partial charge in [0.25, 0.3) is 0 Å². The molecule has 0 N–H and O–H groups in total. The summed E-state index contributed by atoms with van der Waals surface area (Å²) in [7, 11) is 0. The molecule has 2 aliphatic rings. The van der Waals surface area contributed by atoms with E-state index in [4.69, 9.17) is 0 Å². The molecule has 2 aromatic carbocycles. The molecule has 2 atom stereocenters. The Bertz CT molecular complexity index is 896. The number of hydrogen-bond acceptors (Lipinski definition) is 2. The second-order valence-electron chi connectivity index (χ2n) is 8.33. The van der Waals surface area contributed by atoms with Crippen LogP contribution >= 0.6 is 0 Å². The number of hydrogen-bond donors (Lipinski definition) is 0. The Morgan fingerprint density at radius 2 is 1.90 bits per heavy atom. The summed E-state index contributed by atoms with van der Waals surface area (Å²) in [6.07, 6.45) is 2.71. The van der Waals surface area contributed by atoms with Crippen molar-refractivity contribution in [1.29, 1.82) is 0 Å². The Balaban J connectivity index is 1.48. The van der Waals surface area contributed by atoms with E-state index >= 15 is 0 Å². The molecule has 5 heteroatoms. The topological polar surface area (TPSA) is 40.6 Å². The molecule has 0 aliphatic carbocycles. The van der Waals surface area contributed by atoms with Crippen LogP contribution < -0.4 is 0 Å². The van der Waals surface area contributed by atoms with Crippen molar-refractivity contribution < 1.29 is 14.0 Å². The molecule has 0 spiro atoms. The first-order chi connectivity index (χ1) is 14.0.